The summed E-state index contributed by atoms with van der Waals surface area (Å²) in [5, 5.41) is 0. The third-order valence-corrected chi connectivity index (χ3v) is 2.04. The van der Waals surface area contributed by atoms with Crippen molar-refractivity contribution >= 4 is 21.9 Å². The third kappa shape index (κ3) is 2.18. The van der Waals surface area contributed by atoms with Crippen LogP contribution in [0.15, 0.2) is 16.7 Å². The molecule has 1 aromatic rings. The normalized spacial score (nSPS) is 9.46. The summed E-state index contributed by atoms with van der Waals surface area (Å²) in [6.07, 6.45) is 0. The molecule has 5 heteroatoms. The Morgan fingerprint density at radius 2 is 2.15 bits per heavy atom. The van der Waals surface area contributed by atoms with Crippen molar-refractivity contribution in [2.45, 2.75) is 0 Å². The highest BCUT2D eigenvalue weighted by atomic mass is 79.9. The number of aromatic nitrogens is 1. The van der Waals surface area contributed by atoms with Gasteiger partial charge in [0.15, 0.2) is 0 Å². The smallest absolute Gasteiger partial charge is 0.340 e. The largest absolute Gasteiger partial charge is 0.481 e. The average Bonchev–Trinajstić information content (AvgIpc) is 2.16. The quantitative estimate of drug-likeness (QED) is 0.587. The molecule has 0 unspecified atom stereocenters. The van der Waals surface area contributed by atoms with Gasteiger partial charge in [-0.05, 0) is 22.0 Å². The van der Waals surface area contributed by atoms with Gasteiger partial charge in [-0.15, -0.1) is 0 Å². The first kappa shape index (κ1) is 9.98. The van der Waals surface area contributed by atoms with Gasteiger partial charge in [0, 0.05) is 6.07 Å². The summed E-state index contributed by atoms with van der Waals surface area (Å²) in [4.78, 5) is 15.1. The molecule has 0 saturated carbocycles. The van der Waals surface area contributed by atoms with Crippen LogP contribution in [-0.4, -0.2) is 25.2 Å². The fraction of sp³-hybridized carbons (Fsp3) is 0.250. The molecule has 13 heavy (non-hydrogen) atoms. The maximum Gasteiger partial charge on any atom is 0.340 e. The Morgan fingerprint density at radius 3 is 2.62 bits per heavy atom. The van der Waals surface area contributed by atoms with E-state index in [1.54, 1.807) is 12.1 Å². The lowest BCUT2D eigenvalue weighted by Gasteiger charge is -2.03. The molecule has 0 radical (unpaired) electrons. The van der Waals surface area contributed by atoms with Gasteiger partial charge in [0.25, 0.3) is 0 Å². The van der Waals surface area contributed by atoms with E-state index in [0.29, 0.717) is 16.0 Å². The van der Waals surface area contributed by atoms with Crippen LogP contribution in [0, 0.1) is 0 Å². The zero-order valence-corrected chi connectivity index (χ0v) is 8.79. The first-order valence-electron chi connectivity index (χ1n) is 3.48. The van der Waals surface area contributed by atoms with Crippen molar-refractivity contribution in [2.24, 2.45) is 0 Å². The van der Waals surface area contributed by atoms with Crippen LogP contribution in [0.2, 0.25) is 0 Å². The predicted octanol–water partition coefficient (Wildman–Crippen LogP) is 1.64. The molecule has 0 amide bonds. The molecule has 0 aliphatic heterocycles. The van der Waals surface area contributed by atoms with Crippen molar-refractivity contribution in [3.05, 3.63) is 22.3 Å². The molecule has 0 atom stereocenters. The Kier molecular flexibility index (Phi) is 3.25. The lowest BCUT2D eigenvalue weighted by atomic mass is 10.3. The second-order valence-electron chi connectivity index (χ2n) is 2.18. The summed E-state index contributed by atoms with van der Waals surface area (Å²) in [7, 11) is 2.82. The number of carbonyl (C=O) groups is 1. The van der Waals surface area contributed by atoms with Crippen molar-refractivity contribution in [1.82, 2.24) is 4.98 Å². The van der Waals surface area contributed by atoms with Crippen molar-refractivity contribution < 1.29 is 14.3 Å². The molecule has 0 aliphatic carbocycles. The number of ether oxygens (including phenoxy) is 2. The van der Waals surface area contributed by atoms with E-state index in [4.69, 9.17) is 4.74 Å². The van der Waals surface area contributed by atoms with E-state index < -0.39 is 5.97 Å². The molecular weight excluding hydrogens is 238 g/mol. The maximum atomic E-state index is 11.1. The number of halogens is 1. The second-order valence-corrected chi connectivity index (χ2v) is 2.93. The first-order valence-corrected chi connectivity index (χ1v) is 4.27. The Hall–Kier alpha value is -1.10. The molecule has 0 fully saturated rings. The molecule has 0 bridgehead atoms. The standard InChI is InChI=1S/C8H8BrNO3/c1-12-6-4-3-5(7(9)10-6)8(11)13-2/h3-4H,1-2H3. The number of hydrogen-bond donors (Lipinski definition) is 0. The number of carbonyl (C=O) groups excluding carboxylic acids is 1. The zero-order chi connectivity index (χ0) is 9.84. The highest BCUT2D eigenvalue weighted by Crippen LogP contribution is 2.18. The average molecular weight is 246 g/mol. The molecule has 0 spiro atoms. The summed E-state index contributed by atoms with van der Waals surface area (Å²) in [6.45, 7) is 0. The fourth-order valence-corrected chi connectivity index (χ4v) is 1.26. The van der Waals surface area contributed by atoms with Gasteiger partial charge in [0.2, 0.25) is 5.88 Å². The molecule has 0 saturated heterocycles. The number of rotatable bonds is 2. The lowest BCUT2D eigenvalue weighted by molar-refractivity contribution is 0.0599. The molecule has 0 aromatic carbocycles. The van der Waals surface area contributed by atoms with Gasteiger partial charge in [-0.1, -0.05) is 0 Å². The number of pyridine rings is 1. The first-order chi connectivity index (χ1) is 6.19. The summed E-state index contributed by atoms with van der Waals surface area (Å²) >= 11 is 3.14. The predicted molar refractivity (Wildman–Crippen MR) is 49.8 cm³/mol. The molecule has 1 heterocycles. The zero-order valence-electron chi connectivity index (χ0n) is 7.20. The van der Waals surface area contributed by atoms with Crippen LogP contribution in [0.4, 0.5) is 0 Å². The Labute approximate surface area is 84.0 Å². The number of hydrogen-bond acceptors (Lipinski definition) is 4. The van der Waals surface area contributed by atoms with Crippen molar-refractivity contribution in [3.63, 3.8) is 0 Å². The van der Waals surface area contributed by atoms with E-state index in [1.807, 2.05) is 0 Å². The molecule has 4 nitrogen and oxygen atoms in total. The van der Waals surface area contributed by atoms with Gasteiger partial charge in [-0.3, -0.25) is 0 Å². The lowest BCUT2D eigenvalue weighted by Crippen LogP contribution is -2.03. The van der Waals surface area contributed by atoms with E-state index >= 15 is 0 Å². The van der Waals surface area contributed by atoms with E-state index in [9.17, 15) is 4.79 Å². The highest BCUT2D eigenvalue weighted by Gasteiger charge is 2.11. The van der Waals surface area contributed by atoms with Crippen LogP contribution in [0.5, 0.6) is 5.88 Å². The Balaban J connectivity index is 3.05. The van der Waals surface area contributed by atoms with Crippen molar-refractivity contribution in [3.8, 4) is 5.88 Å². The third-order valence-electron chi connectivity index (χ3n) is 1.44. The van der Waals surface area contributed by atoms with Crippen LogP contribution in [0.25, 0.3) is 0 Å². The molecule has 0 N–H and O–H groups in total. The van der Waals surface area contributed by atoms with Gasteiger partial charge >= 0.3 is 5.97 Å². The number of methoxy groups -OCH3 is 2. The van der Waals surface area contributed by atoms with Gasteiger partial charge in [0.1, 0.15) is 4.60 Å². The van der Waals surface area contributed by atoms with Gasteiger partial charge in [-0.25, -0.2) is 9.78 Å². The van der Waals surface area contributed by atoms with Crippen LogP contribution in [0.3, 0.4) is 0 Å². The highest BCUT2D eigenvalue weighted by molar-refractivity contribution is 9.10. The minimum absolute atomic E-state index is 0.378. The van der Waals surface area contributed by atoms with Crippen LogP contribution >= 0.6 is 15.9 Å². The summed E-state index contributed by atoms with van der Waals surface area (Å²) < 4.78 is 9.83. The van der Waals surface area contributed by atoms with E-state index in [-0.39, 0.29) is 0 Å². The van der Waals surface area contributed by atoms with E-state index in [0.717, 1.165) is 0 Å². The topological polar surface area (TPSA) is 48.4 Å². The summed E-state index contributed by atoms with van der Waals surface area (Å²) in [5.41, 5.74) is 0.378. The minimum Gasteiger partial charge on any atom is -0.481 e. The molecule has 0 aliphatic rings. The molecule has 1 aromatic heterocycles. The minimum atomic E-state index is -0.429. The van der Waals surface area contributed by atoms with Crippen LogP contribution < -0.4 is 4.74 Å². The Morgan fingerprint density at radius 1 is 1.46 bits per heavy atom. The van der Waals surface area contributed by atoms with Crippen molar-refractivity contribution in [1.29, 1.82) is 0 Å². The number of nitrogens with zero attached hydrogens (tertiary/aromatic N) is 1. The maximum absolute atomic E-state index is 11.1. The molecule has 1 rings (SSSR count). The summed E-state index contributed by atoms with van der Waals surface area (Å²) in [5.74, 6) is 0.0153. The monoisotopic (exact) mass is 245 g/mol. The van der Waals surface area contributed by atoms with E-state index in [1.165, 1.54) is 14.2 Å². The van der Waals surface area contributed by atoms with Crippen LogP contribution in [-0.2, 0) is 4.74 Å². The second kappa shape index (κ2) is 4.23. The number of esters is 1. The summed E-state index contributed by atoms with van der Waals surface area (Å²) in [6, 6.07) is 3.18. The van der Waals surface area contributed by atoms with Gasteiger partial charge in [0.05, 0.1) is 19.8 Å². The fourth-order valence-electron chi connectivity index (χ4n) is 0.794. The van der Waals surface area contributed by atoms with E-state index in [2.05, 4.69) is 25.7 Å². The van der Waals surface area contributed by atoms with Gasteiger partial charge < -0.3 is 9.47 Å². The van der Waals surface area contributed by atoms with Gasteiger partial charge in [-0.2, -0.15) is 0 Å². The van der Waals surface area contributed by atoms with Crippen LogP contribution in [0.1, 0.15) is 10.4 Å². The van der Waals surface area contributed by atoms with Crippen molar-refractivity contribution in [2.75, 3.05) is 14.2 Å². The molecular formula is C8H8BrNO3. The molecule has 70 valence electrons. The Bertz CT molecular complexity index is 327. The SMILES string of the molecule is COC(=O)c1ccc(OC)nc1Br.